The molecule has 3 rings (SSSR count). The Balaban J connectivity index is 1.69. The highest BCUT2D eigenvalue weighted by atomic mass is 35.5. The van der Waals surface area contributed by atoms with E-state index in [2.05, 4.69) is 27.3 Å². The molecule has 120 valence electrons. The van der Waals surface area contributed by atoms with Gasteiger partial charge < -0.3 is 8.94 Å². The summed E-state index contributed by atoms with van der Waals surface area (Å²) in [6.45, 7) is 4.03. The SMILES string of the molecule is CCCc1noc(C(C)Sc2nnc(-c3ccc(Cl)cc3)o2)n1. The maximum Gasteiger partial charge on any atom is 0.277 e. The number of hydrogen-bond acceptors (Lipinski definition) is 7. The zero-order chi connectivity index (χ0) is 16.2. The molecule has 2 heterocycles. The van der Waals surface area contributed by atoms with Gasteiger partial charge in [0.1, 0.15) is 0 Å². The van der Waals surface area contributed by atoms with Crippen molar-refractivity contribution < 1.29 is 8.94 Å². The highest BCUT2D eigenvalue weighted by Crippen LogP contribution is 2.34. The van der Waals surface area contributed by atoms with Gasteiger partial charge in [0.15, 0.2) is 5.82 Å². The molecular weight excluding hydrogens is 336 g/mol. The van der Waals surface area contributed by atoms with E-state index < -0.39 is 0 Å². The molecule has 0 N–H and O–H groups in total. The number of aromatic nitrogens is 4. The van der Waals surface area contributed by atoms with Gasteiger partial charge in [-0.15, -0.1) is 10.2 Å². The van der Waals surface area contributed by atoms with Crippen LogP contribution < -0.4 is 0 Å². The van der Waals surface area contributed by atoms with Crippen LogP contribution in [-0.4, -0.2) is 20.3 Å². The van der Waals surface area contributed by atoms with Gasteiger partial charge in [0.05, 0.1) is 5.25 Å². The quantitative estimate of drug-likeness (QED) is 0.602. The Hall–Kier alpha value is -1.86. The Morgan fingerprint density at radius 1 is 1.22 bits per heavy atom. The molecule has 0 saturated heterocycles. The van der Waals surface area contributed by atoms with Crippen LogP contribution in [0.4, 0.5) is 0 Å². The smallest absolute Gasteiger partial charge is 0.277 e. The number of aryl methyl sites for hydroxylation is 1. The standard InChI is InChI=1S/C15H15ClN4O2S/c1-3-4-12-17-13(22-20-12)9(2)23-15-19-18-14(21-15)10-5-7-11(16)8-6-10/h5-9H,3-4H2,1-2H3. The van der Waals surface area contributed by atoms with Gasteiger partial charge in [-0.1, -0.05) is 35.4 Å². The van der Waals surface area contributed by atoms with Crippen molar-refractivity contribution in [2.75, 3.05) is 0 Å². The second-order valence-corrected chi connectivity index (χ2v) is 6.67. The molecule has 0 fully saturated rings. The first kappa shape index (κ1) is 16.0. The number of halogens is 1. The predicted molar refractivity (Wildman–Crippen MR) is 87.3 cm³/mol. The maximum atomic E-state index is 5.87. The number of nitrogens with zero attached hydrogens (tertiary/aromatic N) is 4. The Morgan fingerprint density at radius 3 is 2.74 bits per heavy atom. The van der Waals surface area contributed by atoms with Crippen LogP contribution in [0.3, 0.4) is 0 Å². The molecule has 0 bridgehead atoms. The van der Waals surface area contributed by atoms with Gasteiger partial charge in [0.2, 0.25) is 11.8 Å². The third-order valence-corrected chi connectivity index (χ3v) is 4.25. The van der Waals surface area contributed by atoms with E-state index in [0.29, 0.717) is 22.0 Å². The van der Waals surface area contributed by atoms with Gasteiger partial charge >= 0.3 is 0 Å². The second-order valence-electron chi connectivity index (χ2n) is 4.94. The molecule has 1 atom stereocenters. The fourth-order valence-corrected chi connectivity index (χ4v) is 2.77. The molecule has 3 aromatic rings. The summed E-state index contributed by atoms with van der Waals surface area (Å²) in [6, 6.07) is 7.24. The van der Waals surface area contributed by atoms with Crippen molar-refractivity contribution in [3.63, 3.8) is 0 Å². The van der Waals surface area contributed by atoms with Crippen LogP contribution >= 0.6 is 23.4 Å². The summed E-state index contributed by atoms with van der Waals surface area (Å²) in [5, 5.41) is 13.1. The molecule has 8 heteroatoms. The van der Waals surface area contributed by atoms with E-state index in [9.17, 15) is 0 Å². The van der Waals surface area contributed by atoms with Gasteiger partial charge in [-0.05, 0) is 37.6 Å². The van der Waals surface area contributed by atoms with E-state index in [0.717, 1.165) is 24.2 Å². The summed E-state index contributed by atoms with van der Waals surface area (Å²) in [5.41, 5.74) is 0.824. The molecule has 0 aliphatic rings. The van der Waals surface area contributed by atoms with E-state index >= 15 is 0 Å². The largest absolute Gasteiger partial charge is 0.411 e. The van der Waals surface area contributed by atoms with Crippen molar-refractivity contribution in [3.8, 4) is 11.5 Å². The normalized spacial score (nSPS) is 12.5. The number of hydrogen-bond donors (Lipinski definition) is 0. The van der Waals surface area contributed by atoms with Crippen LogP contribution in [0, 0.1) is 0 Å². The van der Waals surface area contributed by atoms with Crippen LogP contribution in [0.5, 0.6) is 0 Å². The van der Waals surface area contributed by atoms with Gasteiger partial charge in [0.25, 0.3) is 5.22 Å². The topological polar surface area (TPSA) is 77.8 Å². The Morgan fingerprint density at radius 2 is 2.00 bits per heavy atom. The molecule has 1 aromatic carbocycles. The number of thioether (sulfide) groups is 1. The lowest BCUT2D eigenvalue weighted by molar-refractivity contribution is 0.373. The van der Waals surface area contributed by atoms with Crippen molar-refractivity contribution in [2.45, 2.75) is 37.2 Å². The first-order valence-corrected chi connectivity index (χ1v) is 8.50. The number of rotatable bonds is 6. The van der Waals surface area contributed by atoms with Crippen molar-refractivity contribution in [1.29, 1.82) is 0 Å². The molecule has 2 aromatic heterocycles. The maximum absolute atomic E-state index is 5.87. The van der Waals surface area contributed by atoms with E-state index in [1.165, 1.54) is 11.8 Å². The van der Waals surface area contributed by atoms with Crippen LogP contribution in [0.15, 0.2) is 38.4 Å². The Bertz CT molecular complexity index is 772. The summed E-state index contributed by atoms with van der Waals surface area (Å²) in [6.07, 6.45) is 1.79. The lowest BCUT2D eigenvalue weighted by atomic mass is 10.2. The third-order valence-electron chi connectivity index (χ3n) is 3.08. The minimum Gasteiger partial charge on any atom is -0.411 e. The lowest BCUT2D eigenvalue weighted by Crippen LogP contribution is -1.90. The van der Waals surface area contributed by atoms with Gasteiger partial charge in [-0.3, -0.25) is 0 Å². The van der Waals surface area contributed by atoms with E-state index in [-0.39, 0.29) is 5.25 Å². The fourth-order valence-electron chi connectivity index (χ4n) is 1.93. The van der Waals surface area contributed by atoms with Crippen molar-refractivity contribution >= 4 is 23.4 Å². The monoisotopic (exact) mass is 350 g/mol. The molecular formula is C15H15ClN4O2S. The predicted octanol–water partition coefficient (Wildman–Crippen LogP) is 4.58. The van der Waals surface area contributed by atoms with Crippen LogP contribution in [0.25, 0.3) is 11.5 Å². The van der Waals surface area contributed by atoms with Gasteiger partial charge in [0, 0.05) is 17.0 Å². The first-order chi connectivity index (χ1) is 11.2. The summed E-state index contributed by atoms with van der Waals surface area (Å²) in [7, 11) is 0. The highest BCUT2D eigenvalue weighted by Gasteiger charge is 2.19. The molecule has 0 saturated carbocycles. The molecule has 0 spiro atoms. The Labute approximate surface area is 142 Å². The average Bonchev–Trinajstić information content (AvgIpc) is 3.18. The van der Waals surface area contributed by atoms with Crippen LogP contribution in [0.2, 0.25) is 5.02 Å². The summed E-state index contributed by atoms with van der Waals surface area (Å²) in [5.74, 6) is 1.74. The molecule has 0 aliphatic carbocycles. The van der Waals surface area contributed by atoms with E-state index in [1.54, 1.807) is 12.1 Å². The average molecular weight is 351 g/mol. The molecule has 1 unspecified atom stereocenters. The Kier molecular flexibility index (Phi) is 4.97. The summed E-state index contributed by atoms with van der Waals surface area (Å²) < 4.78 is 10.9. The molecule has 6 nitrogen and oxygen atoms in total. The molecule has 0 radical (unpaired) electrons. The second kappa shape index (κ2) is 7.14. The minimum absolute atomic E-state index is 0.0633. The zero-order valence-electron chi connectivity index (χ0n) is 12.7. The van der Waals surface area contributed by atoms with Gasteiger partial charge in [-0.25, -0.2) is 0 Å². The molecule has 0 amide bonds. The van der Waals surface area contributed by atoms with Crippen molar-refractivity contribution in [1.82, 2.24) is 20.3 Å². The van der Waals surface area contributed by atoms with Crippen molar-refractivity contribution in [3.05, 3.63) is 41.0 Å². The molecule has 0 aliphatic heterocycles. The van der Waals surface area contributed by atoms with Crippen LogP contribution in [0.1, 0.15) is 37.2 Å². The van der Waals surface area contributed by atoms with E-state index in [4.69, 9.17) is 20.5 Å². The van der Waals surface area contributed by atoms with Gasteiger partial charge in [-0.2, -0.15) is 4.98 Å². The highest BCUT2D eigenvalue weighted by molar-refractivity contribution is 7.99. The summed E-state index contributed by atoms with van der Waals surface area (Å²) >= 11 is 7.26. The summed E-state index contributed by atoms with van der Waals surface area (Å²) in [4.78, 5) is 4.37. The lowest BCUT2D eigenvalue weighted by Gasteiger charge is -2.00. The zero-order valence-corrected chi connectivity index (χ0v) is 14.3. The van der Waals surface area contributed by atoms with E-state index in [1.807, 2.05) is 19.1 Å². The first-order valence-electron chi connectivity index (χ1n) is 7.24. The fraction of sp³-hybridized carbons (Fsp3) is 0.333. The number of benzene rings is 1. The van der Waals surface area contributed by atoms with Crippen molar-refractivity contribution in [2.24, 2.45) is 0 Å². The molecule has 23 heavy (non-hydrogen) atoms. The third kappa shape index (κ3) is 3.92. The minimum atomic E-state index is -0.0633. The van der Waals surface area contributed by atoms with Crippen LogP contribution in [-0.2, 0) is 6.42 Å².